The quantitative estimate of drug-likeness (QED) is 0.0362. The predicted octanol–water partition coefficient (Wildman–Crippen LogP) is 1.43. The number of carboxylic acids is 4. The largest absolute Gasteiger partial charge is 0.478 e. The van der Waals surface area contributed by atoms with E-state index in [2.05, 4.69) is 0 Å². The minimum absolute atomic E-state index is 0.125. The molecule has 0 atom stereocenters. The summed E-state index contributed by atoms with van der Waals surface area (Å²) in [4.78, 5) is 123. The van der Waals surface area contributed by atoms with Crippen molar-refractivity contribution in [3.63, 3.8) is 0 Å². The van der Waals surface area contributed by atoms with Crippen molar-refractivity contribution in [2.24, 2.45) is 0 Å². The topological polar surface area (TPSA) is 369 Å². The summed E-state index contributed by atoms with van der Waals surface area (Å²) in [6, 6.07) is 14.5. The summed E-state index contributed by atoms with van der Waals surface area (Å²) in [6.45, 7) is -1.75. The number of rotatable bonds is 15. The average molecular weight is 867 g/mol. The summed E-state index contributed by atoms with van der Waals surface area (Å²) in [6.07, 6.45) is 0. The van der Waals surface area contributed by atoms with Crippen molar-refractivity contribution in [1.29, 1.82) is 0 Å². The van der Waals surface area contributed by atoms with Gasteiger partial charge in [-0.3, -0.25) is 0 Å². The number of hydrogen-bond donors (Lipinski definition) is 8. The van der Waals surface area contributed by atoms with Crippen LogP contribution >= 0.6 is 0 Å². The fourth-order valence-corrected chi connectivity index (χ4v) is 4.56. The molecule has 0 heterocycles. The molecule has 4 rings (SSSR count). The second-order valence-corrected chi connectivity index (χ2v) is 11.4. The Morgan fingerprint density at radius 2 is 0.613 bits per heavy atom. The monoisotopic (exact) mass is 866 g/mol. The van der Waals surface area contributed by atoms with Gasteiger partial charge in [-0.25, -0.2) is 47.9 Å². The normalized spacial score (nSPS) is 9.94. The Morgan fingerprint density at radius 1 is 0.339 bits per heavy atom. The van der Waals surface area contributed by atoms with E-state index in [1.165, 1.54) is 24.3 Å². The van der Waals surface area contributed by atoms with E-state index in [4.69, 9.17) is 39.4 Å². The number of aromatic carboxylic acids is 4. The molecule has 326 valence electrons. The molecule has 0 aromatic heterocycles. The van der Waals surface area contributed by atoms with Gasteiger partial charge >= 0.3 is 59.7 Å². The van der Waals surface area contributed by atoms with Gasteiger partial charge in [0.1, 0.15) is 13.2 Å². The highest BCUT2D eigenvalue weighted by Gasteiger charge is 2.28. The molecule has 0 bridgehead atoms. The van der Waals surface area contributed by atoms with Crippen LogP contribution in [0.1, 0.15) is 104 Å². The minimum Gasteiger partial charge on any atom is -0.478 e. The summed E-state index contributed by atoms with van der Waals surface area (Å²) in [5, 5.41) is 67.6. The number of aliphatic hydroxyl groups excluding tert-OH is 4. The molecule has 62 heavy (non-hydrogen) atoms. The van der Waals surface area contributed by atoms with Crippen LogP contribution in [-0.4, -0.2) is 140 Å². The first kappa shape index (κ1) is 50.0. The van der Waals surface area contributed by atoms with Gasteiger partial charge in [-0.2, -0.15) is 0 Å². The van der Waals surface area contributed by atoms with Crippen LogP contribution in [0.2, 0.25) is 0 Å². The lowest BCUT2D eigenvalue weighted by atomic mass is 10.0. The Morgan fingerprint density at radius 3 is 0.871 bits per heavy atom. The molecule has 22 heteroatoms. The second kappa shape index (κ2) is 24.7. The van der Waals surface area contributed by atoms with Crippen LogP contribution in [-0.2, 0) is 18.9 Å². The molecule has 0 aliphatic heterocycles. The third kappa shape index (κ3) is 14.3. The number of carboxylic acid groups (broad SMARTS) is 4. The van der Waals surface area contributed by atoms with E-state index in [1.54, 1.807) is 0 Å². The fraction of sp³-hybridized carbons (Fsp3) is 0.150. The maximum Gasteiger partial charge on any atom is 0.346 e. The summed E-state index contributed by atoms with van der Waals surface area (Å²) in [5.41, 5.74) is -5.66. The smallest absolute Gasteiger partial charge is 0.346 e. The third-order valence-corrected chi connectivity index (χ3v) is 7.29. The zero-order valence-electron chi connectivity index (χ0n) is 31.6. The van der Waals surface area contributed by atoms with Crippen LogP contribution in [0.25, 0.3) is 0 Å². The number of ether oxygens (including phenoxy) is 4. The molecule has 0 aliphatic rings. The van der Waals surface area contributed by atoms with Gasteiger partial charge < -0.3 is 59.8 Å². The van der Waals surface area contributed by atoms with Gasteiger partial charge in [0.05, 0.1) is 82.1 Å². The van der Waals surface area contributed by atoms with Gasteiger partial charge in [0, 0.05) is 0 Å². The van der Waals surface area contributed by atoms with Crippen LogP contribution in [0.5, 0.6) is 0 Å². The highest BCUT2D eigenvalue weighted by Crippen LogP contribution is 2.20. The molecular weight excluding hydrogens is 832 g/mol. The van der Waals surface area contributed by atoms with Crippen molar-refractivity contribution in [2.75, 3.05) is 39.6 Å². The number of benzene rings is 4. The Labute approximate surface area is 347 Å². The lowest BCUT2D eigenvalue weighted by molar-refractivity contribution is 0.0257. The van der Waals surface area contributed by atoms with Crippen LogP contribution in [0.15, 0.2) is 84.9 Å². The van der Waals surface area contributed by atoms with Crippen LogP contribution in [0.3, 0.4) is 0 Å². The summed E-state index contributed by atoms with van der Waals surface area (Å²) in [5.74, 6) is -14.5. The zero-order valence-corrected chi connectivity index (χ0v) is 31.6. The van der Waals surface area contributed by atoms with E-state index in [1.807, 2.05) is 0 Å². The molecule has 0 saturated carbocycles. The van der Waals surface area contributed by atoms with Gasteiger partial charge in [-0.1, -0.05) is 24.3 Å². The molecule has 0 radical (unpaired) electrons. The summed E-state index contributed by atoms with van der Waals surface area (Å²) in [7, 11) is 0. The summed E-state index contributed by atoms with van der Waals surface area (Å²) < 4.78 is 19.6. The Bertz CT molecular complexity index is 2180. The number of hydrogen-bond acceptors (Lipinski definition) is 18. The molecule has 0 aliphatic carbocycles. The first-order valence-electron chi connectivity index (χ1n) is 17.1. The zero-order chi connectivity index (χ0) is 46.5. The molecule has 0 fully saturated rings. The predicted molar refractivity (Wildman–Crippen MR) is 202 cm³/mol. The molecular formula is C40H34O22. The van der Waals surface area contributed by atoms with Crippen LogP contribution in [0.4, 0.5) is 0 Å². The highest BCUT2D eigenvalue weighted by molar-refractivity contribution is 6.12. The van der Waals surface area contributed by atoms with Crippen molar-refractivity contribution >= 4 is 59.7 Å². The van der Waals surface area contributed by atoms with Crippen molar-refractivity contribution in [3.8, 4) is 0 Å². The van der Waals surface area contributed by atoms with Gasteiger partial charge in [0.25, 0.3) is 0 Å². The van der Waals surface area contributed by atoms with Crippen molar-refractivity contribution in [2.45, 2.75) is 0 Å². The van der Waals surface area contributed by atoms with Gasteiger partial charge in [-0.15, -0.1) is 0 Å². The minimum atomic E-state index is -1.62. The Kier molecular flexibility index (Phi) is 19.9. The van der Waals surface area contributed by atoms with E-state index >= 15 is 0 Å². The molecule has 8 N–H and O–H groups in total. The number of carbonyl (C=O) groups excluding carboxylic acids is 6. The molecule has 0 unspecified atom stereocenters. The number of aliphatic hydroxyl groups is 4. The Hall–Kier alpha value is -8.18. The Balaban J connectivity index is 0.00000152. The van der Waals surface area contributed by atoms with Crippen molar-refractivity contribution in [1.82, 2.24) is 0 Å². The molecule has 0 spiro atoms. The van der Waals surface area contributed by atoms with E-state index < -0.39 is 129 Å². The average Bonchev–Trinajstić information content (AvgIpc) is 3.26. The standard InChI is InChI=1S/C36H22O18.2C2H6O2/c37-27(38)17-9-11-19(29(41)42)25(15-17)35(49)53-33(47)23-7-3-1-5-21(23)31(45)51-13-14-52-32(46)22-6-2-4-8-24(22)34(48)54-36(50)26-16-18(28(39)40)10-12-20(26)30(43)44;2*3-1-2-4/h1-12,15-16H,13-14H2,(H,37,38)(H,39,40)(H,41,42)(H,43,44);2*3-4H,1-2H2. The SMILES string of the molecule is O=C(O)c1ccc(C(=O)O)c(C(=O)OC(=O)c2ccccc2C(=O)OCCOC(=O)c2ccccc2C(=O)OC(=O)c2cc(C(=O)O)ccc2C(=O)O)c1.OCCO.OCCO. The maximum absolute atomic E-state index is 12.9. The lowest BCUT2D eigenvalue weighted by Gasteiger charge is -2.11. The maximum atomic E-state index is 12.9. The molecule has 0 amide bonds. The van der Waals surface area contributed by atoms with Gasteiger partial charge in [0.15, 0.2) is 0 Å². The third-order valence-electron chi connectivity index (χ3n) is 7.29. The van der Waals surface area contributed by atoms with Crippen molar-refractivity contribution in [3.05, 3.63) is 141 Å². The molecule has 22 nitrogen and oxygen atoms in total. The van der Waals surface area contributed by atoms with Crippen molar-refractivity contribution < 1.29 is 108 Å². The van der Waals surface area contributed by atoms with Crippen LogP contribution < -0.4 is 0 Å². The summed E-state index contributed by atoms with van der Waals surface area (Å²) >= 11 is 0. The second-order valence-electron chi connectivity index (χ2n) is 11.4. The number of carbonyl (C=O) groups is 10. The van der Waals surface area contributed by atoms with E-state index in [9.17, 15) is 68.4 Å². The fourth-order valence-electron chi connectivity index (χ4n) is 4.56. The van der Waals surface area contributed by atoms with E-state index in [-0.39, 0.29) is 26.4 Å². The molecule has 0 saturated heterocycles. The first-order chi connectivity index (χ1) is 29.4. The first-order valence-corrected chi connectivity index (χ1v) is 17.1. The lowest BCUT2D eigenvalue weighted by Crippen LogP contribution is -2.21. The van der Waals surface area contributed by atoms with E-state index in [0.717, 1.165) is 48.5 Å². The molecule has 4 aromatic carbocycles. The van der Waals surface area contributed by atoms with Gasteiger partial charge in [0.2, 0.25) is 0 Å². The number of esters is 6. The highest BCUT2D eigenvalue weighted by atomic mass is 16.6. The van der Waals surface area contributed by atoms with Gasteiger partial charge in [-0.05, 0) is 60.7 Å². The van der Waals surface area contributed by atoms with Crippen LogP contribution in [0, 0.1) is 0 Å². The molecule has 4 aromatic rings. The van der Waals surface area contributed by atoms with E-state index in [0.29, 0.717) is 12.1 Å².